The second-order valence-electron chi connectivity index (χ2n) is 2.35. The van der Waals surface area contributed by atoms with E-state index in [2.05, 4.69) is 4.99 Å². The van der Waals surface area contributed by atoms with Crippen molar-refractivity contribution in [3.8, 4) is 0 Å². The number of Topliss-reactive ketones (excluding diaryl/α,β-unsaturated/α-hetero) is 2. The lowest BCUT2D eigenvalue weighted by molar-refractivity contribution is -0.124. The predicted octanol–water partition coefficient (Wildman–Crippen LogP) is -0.641. The molecule has 0 saturated carbocycles. The van der Waals surface area contributed by atoms with Crippen LogP contribution >= 0.6 is 0 Å². The Morgan fingerprint density at radius 2 is 2.25 bits per heavy atom. The maximum Gasteiger partial charge on any atom is 0.233 e. The van der Waals surface area contributed by atoms with E-state index >= 15 is 0 Å². The highest BCUT2D eigenvalue weighted by Crippen LogP contribution is 2.07. The van der Waals surface area contributed by atoms with Gasteiger partial charge < -0.3 is 10.2 Å². The summed E-state index contributed by atoms with van der Waals surface area (Å²) in [5.74, 6) is -2.01. The quantitative estimate of drug-likeness (QED) is 0.546. The van der Waals surface area contributed by atoms with Gasteiger partial charge in [-0.2, -0.15) is 0 Å². The van der Waals surface area contributed by atoms with Crippen LogP contribution in [0.2, 0.25) is 0 Å². The fourth-order valence-corrected chi connectivity index (χ4v) is 0.813. The van der Waals surface area contributed by atoms with Crippen LogP contribution in [-0.2, 0) is 9.59 Å². The Kier molecular flexibility index (Phi) is 2.05. The van der Waals surface area contributed by atoms with Gasteiger partial charge in [0.25, 0.3) is 0 Å². The third kappa shape index (κ3) is 1.26. The normalized spacial score (nSPS) is 23.2. The standard InChI is InChI=1S/C7H7NO4/c1-3(9)5-7(12)6(11)4(10)2-8-5/h2,7,10,12H,1H3. The number of ketones is 2. The minimum atomic E-state index is -1.62. The maximum atomic E-state index is 10.8. The fraction of sp³-hybridized carbons (Fsp3) is 0.286. The van der Waals surface area contributed by atoms with Gasteiger partial charge in [0, 0.05) is 6.92 Å². The summed E-state index contributed by atoms with van der Waals surface area (Å²) in [5, 5.41) is 17.9. The van der Waals surface area contributed by atoms with Crippen LogP contribution in [0.5, 0.6) is 0 Å². The SMILES string of the molecule is CC(=O)C1=NC=C(O)C(=O)C1O. The molecule has 0 aromatic rings. The third-order valence-electron chi connectivity index (χ3n) is 1.45. The van der Waals surface area contributed by atoms with Crippen molar-refractivity contribution in [1.82, 2.24) is 0 Å². The van der Waals surface area contributed by atoms with Crippen molar-refractivity contribution >= 4 is 17.3 Å². The molecule has 64 valence electrons. The van der Waals surface area contributed by atoms with Crippen LogP contribution in [-0.4, -0.2) is 33.6 Å². The Bertz CT molecular complexity index is 303. The summed E-state index contributed by atoms with van der Waals surface area (Å²) in [4.78, 5) is 25.0. The average Bonchev–Trinajstić information content (AvgIpc) is 2.00. The third-order valence-corrected chi connectivity index (χ3v) is 1.45. The van der Waals surface area contributed by atoms with E-state index in [1.54, 1.807) is 0 Å². The molecule has 5 heteroatoms. The first-order valence-corrected chi connectivity index (χ1v) is 3.24. The van der Waals surface area contributed by atoms with E-state index in [9.17, 15) is 9.59 Å². The van der Waals surface area contributed by atoms with Gasteiger partial charge in [-0.3, -0.25) is 14.6 Å². The molecule has 0 aromatic heterocycles. The molecule has 5 nitrogen and oxygen atoms in total. The van der Waals surface area contributed by atoms with E-state index < -0.39 is 23.4 Å². The number of rotatable bonds is 1. The summed E-state index contributed by atoms with van der Waals surface area (Å²) >= 11 is 0. The van der Waals surface area contributed by atoms with Crippen LogP contribution in [0.4, 0.5) is 0 Å². The molecular weight excluding hydrogens is 162 g/mol. The number of aliphatic hydroxyl groups is 2. The van der Waals surface area contributed by atoms with E-state index in [4.69, 9.17) is 10.2 Å². The zero-order chi connectivity index (χ0) is 9.30. The van der Waals surface area contributed by atoms with E-state index in [-0.39, 0.29) is 5.71 Å². The Morgan fingerprint density at radius 1 is 1.67 bits per heavy atom. The molecule has 12 heavy (non-hydrogen) atoms. The number of aliphatic imine (C=N–C) groups is 1. The lowest BCUT2D eigenvalue weighted by Crippen LogP contribution is -2.37. The molecule has 0 aromatic carbocycles. The molecule has 0 spiro atoms. The topological polar surface area (TPSA) is 87.0 Å². The van der Waals surface area contributed by atoms with E-state index in [0.29, 0.717) is 0 Å². The first kappa shape index (κ1) is 8.61. The number of carbonyl (C=O) groups is 2. The molecule has 0 amide bonds. The van der Waals surface area contributed by atoms with Gasteiger partial charge in [0.1, 0.15) is 5.71 Å². The summed E-state index contributed by atoms with van der Waals surface area (Å²) in [6.07, 6.45) is -0.765. The lowest BCUT2D eigenvalue weighted by Gasteiger charge is -2.12. The van der Waals surface area contributed by atoms with Crippen LogP contribution < -0.4 is 0 Å². The van der Waals surface area contributed by atoms with Crippen molar-refractivity contribution in [2.24, 2.45) is 4.99 Å². The number of hydrogen-bond acceptors (Lipinski definition) is 5. The van der Waals surface area contributed by atoms with Crippen molar-refractivity contribution < 1.29 is 19.8 Å². The molecule has 0 fully saturated rings. The van der Waals surface area contributed by atoms with Gasteiger partial charge in [0.15, 0.2) is 17.6 Å². The molecule has 1 atom stereocenters. The van der Waals surface area contributed by atoms with Crippen LogP contribution in [0, 0.1) is 0 Å². The number of nitrogens with zero attached hydrogens (tertiary/aromatic N) is 1. The van der Waals surface area contributed by atoms with Gasteiger partial charge in [0.2, 0.25) is 5.78 Å². The van der Waals surface area contributed by atoms with E-state index in [1.807, 2.05) is 0 Å². The minimum Gasteiger partial charge on any atom is -0.503 e. The zero-order valence-electron chi connectivity index (χ0n) is 6.31. The molecule has 1 rings (SSSR count). The van der Waals surface area contributed by atoms with Crippen molar-refractivity contribution in [3.63, 3.8) is 0 Å². The van der Waals surface area contributed by atoms with Crippen molar-refractivity contribution in [3.05, 3.63) is 12.0 Å². The largest absolute Gasteiger partial charge is 0.503 e. The van der Waals surface area contributed by atoms with Gasteiger partial charge in [-0.15, -0.1) is 0 Å². The Labute approximate surface area is 68.0 Å². The Hall–Kier alpha value is -1.49. The molecule has 2 N–H and O–H groups in total. The maximum absolute atomic E-state index is 10.8. The van der Waals surface area contributed by atoms with Gasteiger partial charge in [0.05, 0.1) is 6.20 Å². The van der Waals surface area contributed by atoms with Crippen LogP contribution in [0.1, 0.15) is 6.92 Å². The lowest BCUT2D eigenvalue weighted by atomic mass is 10.0. The van der Waals surface area contributed by atoms with Crippen LogP contribution in [0.25, 0.3) is 0 Å². The molecule has 1 unspecified atom stereocenters. The average molecular weight is 169 g/mol. The predicted molar refractivity (Wildman–Crippen MR) is 39.8 cm³/mol. The number of aliphatic hydroxyl groups excluding tert-OH is 2. The number of hydrogen-bond donors (Lipinski definition) is 2. The molecule has 0 saturated heterocycles. The van der Waals surface area contributed by atoms with Crippen molar-refractivity contribution in [2.75, 3.05) is 0 Å². The summed E-state index contributed by atoms with van der Waals surface area (Å²) in [5.41, 5.74) is -0.238. The van der Waals surface area contributed by atoms with Gasteiger partial charge >= 0.3 is 0 Å². The monoisotopic (exact) mass is 169 g/mol. The molecule has 1 heterocycles. The second-order valence-corrected chi connectivity index (χ2v) is 2.35. The number of carbonyl (C=O) groups excluding carboxylic acids is 2. The van der Waals surface area contributed by atoms with Gasteiger partial charge in [-0.05, 0) is 0 Å². The first-order chi connectivity index (χ1) is 5.54. The molecule has 1 aliphatic heterocycles. The van der Waals surface area contributed by atoms with Crippen molar-refractivity contribution in [1.29, 1.82) is 0 Å². The summed E-state index contributed by atoms with van der Waals surface area (Å²) in [6.45, 7) is 1.19. The van der Waals surface area contributed by atoms with E-state index in [1.165, 1.54) is 6.92 Å². The smallest absolute Gasteiger partial charge is 0.233 e. The highest BCUT2D eigenvalue weighted by Gasteiger charge is 2.30. The van der Waals surface area contributed by atoms with Crippen molar-refractivity contribution in [2.45, 2.75) is 13.0 Å². The molecule has 0 radical (unpaired) electrons. The molecule has 1 aliphatic rings. The summed E-state index contributed by atoms with van der Waals surface area (Å²) in [6, 6.07) is 0. The first-order valence-electron chi connectivity index (χ1n) is 3.24. The highest BCUT2D eigenvalue weighted by molar-refractivity contribution is 6.46. The molecule has 0 aliphatic carbocycles. The Balaban J connectivity index is 3.06. The second kappa shape index (κ2) is 2.86. The van der Waals surface area contributed by atoms with Gasteiger partial charge in [-0.1, -0.05) is 0 Å². The highest BCUT2D eigenvalue weighted by atomic mass is 16.3. The van der Waals surface area contributed by atoms with Crippen LogP contribution in [0.15, 0.2) is 17.0 Å². The van der Waals surface area contributed by atoms with Crippen LogP contribution in [0.3, 0.4) is 0 Å². The van der Waals surface area contributed by atoms with E-state index in [0.717, 1.165) is 6.20 Å². The Morgan fingerprint density at radius 3 is 2.75 bits per heavy atom. The molecular formula is C7H7NO4. The minimum absolute atomic E-state index is 0.238. The molecule has 0 bridgehead atoms. The zero-order valence-corrected chi connectivity index (χ0v) is 6.31. The summed E-state index contributed by atoms with van der Waals surface area (Å²) in [7, 11) is 0. The summed E-state index contributed by atoms with van der Waals surface area (Å²) < 4.78 is 0. The van der Waals surface area contributed by atoms with Gasteiger partial charge in [-0.25, -0.2) is 0 Å². The fourth-order valence-electron chi connectivity index (χ4n) is 0.813.